The zero-order valence-electron chi connectivity index (χ0n) is 20.0. The molecule has 3 N–H and O–H groups in total. The molecule has 2 amide bonds. The number of carbonyl (C=O) groups is 3. The predicted octanol–water partition coefficient (Wildman–Crippen LogP) is 4.56. The molecule has 1 unspecified atom stereocenters. The third kappa shape index (κ3) is 6.37. The van der Waals surface area contributed by atoms with Gasteiger partial charge in [0.2, 0.25) is 5.91 Å². The lowest BCUT2D eigenvalue weighted by Gasteiger charge is -2.21. The Balaban J connectivity index is 1.55. The van der Waals surface area contributed by atoms with Crippen molar-refractivity contribution in [2.24, 2.45) is 11.8 Å². The van der Waals surface area contributed by atoms with Crippen molar-refractivity contribution < 1.29 is 24.2 Å². The Bertz CT molecular complexity index is 974. The van der Waals surface area contributed by atoms with Gasteiger partial charge in [-0.3, -0.25) is 9.59 Å². The summed E-state index contributed by atoms with van der Waals surface area (Å²) in [6.07, 6.45) is 0.440. The number of hydrogen-bond donors (Lipinski definition) is 3. The Morgan fingerprint density at radius 3 is 2.12 bits per heavy atom. The summed E-state index contributed by atoms with van der Waals surface area (Å²) in [5.74, 6) is -1.12. The highest BCUT2D eigenvalue weighted by atomic mass is 16.5. The fourth-order valence-corrected chi connectivity index (χ4v) is 4.66. The summed E-state index contributed by atoms with van der Waals surface area (Å²) in [4.78, 5) is 36.3. The first kappa shape index (κ1) is 25.3. The summed E-state index contributed by atoms with van der Waals surface area (Å²) in [7, 11) is 0. The molecule has 0 fully saturated rings. The van der Waals surface area contributed by atoms with Gasteiger partial charge >= 0.3 is 12.1 Å². The van der Waals surface area contributed by atoms with Crippen LogP contribution in [0.3, 0.4) is 0 Å². The molecule has 0 saturated heterocycles. The van der Waals surface area contributed by atoms with Crippen molar-refractivity contribution in [2.75, 3.05) is 13.2 Å². The second-order valence-electron chi connectivity index (χ2n) is 9.27. The minimum atomic E-state index is -0.885. The molecule has 7 nitrogen and oxygen atoms in total. The first-order chi connectivity index (χ1) is 16.3. The van der Waals surface area contributed by atoms with E-state index in [1.807, 2.05) is 50.2 Å². The minimum absolute atomic E-state index is 0.00490. The van der Waals surface area contributed by atoms with Gasteiger partial charge in [-0.05, 0) is 46.9 Å². The number of hydrogen-bond acceptors (Lipinski definition) is 4. The Labute approximate surface area is 200 Å². The monoisotopic (exact) mass is 466 g/mol. The largest absolute Gasteiger partial charge is 0.481 e. The molecule has 0 spiro atoms. The third-order valence-electron chi connectivity index (χ3n) is 6.19. The highest BCUT2D eigenvalue weighted by Crippen LogP contribution is 2.44. The predicted molar refractivity (Wildman–Crippen MR) is 130 cm³/mol. The number of rotatable bonds is 11. The Morgan fingerprint density at radius 1 is 1.00 bits per heavy atom. The number of ether oxygens (including phenoxy) is 1. The van der Waals surface area contributed by atoms with Crippen molar-refractivity contribution in [3.63, 3.8) is 0 Å². The third-order valence-corrected chi connectivity index (χ3v) is 6.19. The number of aliphatic carboxylic acids is 1. The van der Waals surface area contributed by atoms with E-state index in [9.17, 15) is 14.4 Å². The van der Waals surface area contributed by atoms with E-state index in [4.69, 9.17) is 9.84 Å². The summed E-state index contributed by atoms with van der Waals surface area (Å²) >= 11 is 0. The number of fused-ring (bicyclic) bond motifs is 3. The fraction of sp³-hybridized carbons (Fsp3) is 0.444. The Hall–Kier alpha value is -3.35. The number of amides is 2. The van der Waals surface area contributed by atoms with Gasteiger partial charge in [-0.1, -0.05) is 69.3 Å². The zero-order chi connectivity index (χ0) is 24.7. The standard InChI is InChI=1S/C27H34N2O5/c1-4-24(26(32)28-15-18(13-17(2)3)14-25(30)31)29-27(33)34-16-23-21-11-7-5-9-19(21)20-10-6-8-12-22(20)23/h5-12,17-18,23-24H,4,13-16H2,1-3H3,(H,28,32)(H,29,33)(H,30,31)/t18?,24-/m1/s1. The van der Waals surface area contributed by atoms with E-state index < -0.39 is 18.1 Å². The lowest BCUT2D eigenvalue weighted by Crippen LogP contribution is -2.47. The van der Waals surface area contributed by atoms with Crippen LogP contribution in [0.4, 0.5) is 4.79 Å². The number of carbonyl (C=O) groups excluding carboxylic acids is 2. The second kappa shape index (κ2) is 11.7. The summed E-state index contributed by atoms with van der Waals surface area (Å²) in [5, 5.41) is 14.6. The van der Waals surface area contributed by atoms with Crippen molar-refractivity contribution in [3.05, 3.63) is 59.7 Å². The van der Waals surface area contributed by atoms with Crippen LogP contribution < -0.4 is 10.6 Å². The molecule has 0 saturated carbocycles. The van der Waals surface area contributed by atoms with Gasteiger partial charge in [-0.15, -0.1) is 0 Å². The van der Waals surface area contributed by atoms with E-state index in [1.54, 1.807) is 6.92 Å². The summed E-state index contributed by atoms with van der Waals surface area (Å²) in [6.45, 7) is 6.27. The van der Waals surface area contributed by atoms with Crippen LogP contribution in [-0.4, -0.2) is 42.3 Å². The second-order valence-corrected chi connectivity index (χ2v) is 9.27. The number of benzene rings is 2. The van der Waals surface area contributed by atoms with Crippen LogP contribution in [0.25, 0.3) is 11.1 Å². The van der Waals surface area contributed by atoms with Crippen molar-refractivity contribution >= 4 is 18.0 Å². The maximum atomic E-state index is 12.6. The molecule has 182 valence electrons. The van der Waals surface area contributed by atoms with E-state index in [2.05, 4.69) is 22.8 Å². The number of carboxylic acids is 1. The molecular weight excluding hydrogens is 432 g/mol. The molecule has 7 heteroatoms. The van der Waals surface area contributed by atoms with Gasteiger partial charge in [0, 0.05) is 18.9 Å². The van der Waals surface area contributed by atoms with Crippen LogP contribution in [0.5, 0.6) is 0 Å². The van der Waals surface area contributed by atoms with Crippen LogP contribution >= 0.6 is 0 Å². The highest BCUT2D eigenvalue weighted by Gasteiger charge is 2.29. The molecule has 1 aliphatic carbocycles. The molecule has 0 radical (unpaired) electrons. The molecule has 1 aliphatic rings. The van der Waals surface area contributed by atoms with Gasteiger partial charge in [0.1, 0.15) is 12.6 Å². The maximum Gasteiger partial charge on any atom is 0.407 e. The molecule has 0 bridgehead atoms. The van der Waals surface area contributed by atoms with E-state index in [0.29, 0.717) is 18.8 Å². The van der Waals surface area contributed by atoms with E-state index in [-0.39, 0.29) is 37.3 Å². The topological polar surface area (TPSA) is 105 Å². The van der Waals surface area contributed by atoms with E-state index in [0.717, 1.165) is 22.3 Å². The zero-order valence-corrected chi connectivity index (χ0v) is 20.0. The van der Waals surface area contributed by atoms with Gasteiger partial charge in [-0.25, -0.2) is 4.79 Å². The maximum absolute atomic E-state index is 12.6. The lowest BCUT2D eigenvalue weighted by atomic mass is 9.94. The normalized spacial score (nSPS) is 14.1. The molecule has 0 heterocycles. The first-order valence-electron chi connectivity index (χ1n) is 11.9. The summed E-state index contributed by atoms with van der Waals surface area (Å²) in [6, 6.07) is 15.4. The van der Waals surface area contributed by atoms with E-state index in [1.165, 1.54) is 0 Å². The van der Waals surface area contributed by atoms with E-state index >= 15 is 0 Å². The summed E-state index contributed by atoms with van der Waals surface area (Å²) in [5.41, 5.74) is 4.54. The van der Waals surface area contributed by atoms with Crippen LogP contribution in [0, 0.1) is 11.8 Å². The number of carboxylic acid groups (broad SMARTS) is 1. The molecular formula is C27H34N2O5. The van der Waals surface area contributed by atoms with Crippen LogP contribution in [0.15, 0.2) is 48.5 Å². The number of alkyl carbamates (subject to hydrolysis) is 1. The van der Waals surface area contributed by atoms with Gasteiger partial charge in [0.15, 0.2) is 0 Å². The van der Waals surface area contributed by atoms with Gasteiger partial charge in [-0.2, -0.15) is 0 Å². The first-order valence-corrected chi connectivity index (χ1v) is 11.9. The molecule has 2 aromatic carbocycles. The average molecular weight is 467 g/mol. The Kier molecular flexibility index (Phi) is 8.68. The average Bonchev–Trinajstić information content (AvgIpc) is 3.12. The van der Waals surface area contributed by atoms with Crippen molar-refractivity contribution in [1.82, 2.24) is 10.6 Å². The minimum Gasteiger partial charge on any atom is -0.481 e. The van der Waals surface area contributed by atoms with Crippen LogP contribution in [-0.2, 0) is 14.3 Å². The molecule has 3 rings (SSSR count). The molecule has 2 atom stereocenters. The molecule has 0 aromatic heterocycles. The van der Waals surface area contributed by atoms with Crippen LogP contribution in [0.2, 0.25) is 0 Å². The quantitative estimate of drug-likeness (QED) is 0.450. The Morgan fingerprint density at radius 2 is 1.59 bits per heavy atom. The fourth-order valence-electron chi connectivity index (χ4n) is 4.66. The summed E-state index contributed by atoms with van der Waals surface area (Å²) < 4.78 is 5.55. The van der Waals surface area contributed by atoms with Gasteiger partial charge < -0.3 is 20.5 Å². The van der Waals surface area contributed by atoms with Crippen LogP contribution in [0.1, 0.15) is 57.1 Å². The highest BCUT2D eigenvalue weighted by molar-refractivity contribution is 5.85. The van der Waals surface area contributed by atoms with Crippen molar-refractivity contribution in [1.29, 1.82) is 0 Å². The smallest absolute Gasteiger partial charge is 0.407 e. The van der Waals surface area contributed by atoms with Gasteiger partial charge in [0.25, 0.3) is 0 Å². The molecule has 2 aromatic rings. The molecule has 34 heavy (non-hydrogen) atoms. The molecule has 0 aliphatic heterocycles. The number of nitrogens with one attached hydrogen (secondary N) is 2. The van der Waals surface area contributed by atoms with Crippen molar-refractivity contribution in [2.45, 2.75) is 52.0 Å². The lowest BCUT2D eigenvalue weighted by molar-refractivity contribution is -0.138. The SMILES string of the molecule is CC[C@@H](NC(=O)OCC1c2ccccc2-c2ccccc21)C(=O)NCC(CC(=O)O)CC(C)C. The van der Waals surface area contributed by atoms with Gasteiger partial charge in [0.05, 0.1) is 0 Å². The van der Waals surface area contributed by atoms with Crippen molar-refractivity contribution in [3.8, 4) is 11.1 Å².